The van der Waals surface area contributed by atoms with Crippen LogP contribution < -0.4 is 10.2 Å². The molecule has 1 unspecified atom stereocenters. The minimum absolute atomic E-state index is 0.117. The topological polar surface area (TPSA) is 83.6 Å². The van der Waals surface area contributed by atoms with Gasteiger partial charge in [0, 0.05) is 29.8 Å². The van der Waals surface area contributed by atoms with Crippen molar-refractivity contribution in [3.8, 4) is 0 Å². The molecule has 0 fully saturated rings. The second-order valence-corrected chi connectivity index (χ2v) is 9.59. The maximum atomic E-state index is 13.0. The zero-order chi connectivity index (χ0) is 20.2. The molecule has 0 radical (unpaired) electrons. The maximum Gasteiger partial charge on any atom is 0.229 e. The van der Waals surface area contributed by atoms with Crippen molar-refractivity contribution in [1.29, 1.82) is 0 Å². The Balaban J connectivity index is 2.27. The van der Waals surface area contributed by atoms with Gasteiger partial charge in [0.1, 0.15) is 0 Å². The second-order valence-electron chi connectivity index (χ2n) is 6.60. The normalized spacial score (nSPS) is 12.6. The Morgan fingerprint density at radius 1 is 1.15 bits per heavy atom. The van der Waals surface area contributed by atoms with Gasteiger partial charge in [0.15, 0.2) is 9.84 Å². The number of thiophene rings is 1. The van der Waals surface area contributed by atoms with E-state index in [0.29, 0.717) is 5.69 Å². The number of hydrogen-bond donors (Lipinski definition) is 1. The van der Waals surface area contributed by atoms with Crippen molar-refractivity contribution >= 4 is 38.7 Å². The maximum absolute atomic E-state index is 13.0. The highest BCUT2D eigenvalue weighted by Gasteiger charge is 2.25. The molecule has 0 saturated heterocycles. The van der Waals surface area contributed by atoms with Crippen LogP contribution in [0.5, 0.6) is 0 Å². The lowest BCUT2D eigenvalue weighted by Crippen LogP contribution is -2.39. The lowest BCUT2D eigenvalue weighted by molar-refractivity contribution is -0.121. The Morgan fingerprint density at radius 2 is 1.78 bits per heavy atom. The van der Waals surface area contributed by atoms with E-state index < -0.39 is 15.9 Å². The average Bonchev–Trinajstić information content (AvgIpc) is 3.07. The summed E-state index contributed by atoms with van der Waals surface area (Å²) in [5, 5.41) is 4.73. The molecule has 0 spiro atoms. The van der Waals surface area contributed by atoms with Crippen LogP contribution in [0.2, 0.25) is 0 Å². The van der Waals surface area contributed by atoms with Gasteiger partial charge >= 0.3 is 0 Å². The van der Waals surface area contributed by atoms with Crippen molar-refractivity contribution in [1.82, 2.24) is 5.32 Å². The monoisotopic (exact) mass is 408 g/mol. The van der Waals surface area contributed by atoms with Gasteiger partial charge in [-0.05, 0) is 49.6 Å². The Labute approximate surface area is 164 Å². The summed E-state index contributed by atoms with van der Waals surface area (Å²) in [4.78, 5) is 27.3. The second kappa shape index (κ2) is 8.67. The van der Waals surface area contributed by atoms with Gasteiger partial charge < -0.3 is 10.2 Å². The first-order chi connectivity index (χ1) is 12.6. The van der Waals surface area contributed by atoms with E-state index in [0.717, 1.165) is 11.1 Å². The predicted octanol–water partition coefficient (Wildman–Crippen LogP) is 3.16. The molecule has 27 heavy (non-hydrogen) atoms. The molecule has 2 rings (SSSR count). The average molecular weight is 409 g/mol. The Morgan fingerprint density at radius 3 is 2.22 bits per heavy atom. The van der Waals surface area contributed by atoms with E-state index in [-0.39, 0.29) is 29.2 Å². The minimum Gasteiger partial charge on any atom is -0.348 e. The molecule has 1 atom stereocenters. The van der Waals surface area contributed by atoms with Crippen LogP contribution in [0, 0.1) is 0 Å². The van der Waals surface area contributed by atoms with Gasteiger partial charge in [-0.15, -0.1) is 11.3 Å². The number of anilines is 1. The number of nitrogens with zero attached hydrogens (tertiary/aromatic N) is 1. The Kier molecular flexibility index (Phi) is 6.78. The van der Waals surface area contributed by atoms with Crippen molar-refractivity contribution in [3.05, 3.63) is 46.7 Å². The van der Waals surface area contributed by atoms with Crippen LogP contribution in [0.25, 0.3) is 0 Å². The zero-order valence-electron chi connectivity index (χ0n) is 15.8. The van der Waals surface area contributed by atoms with E-state index in [2.05, 4.69) is 5.32 Å². The lowest BCUT2D eigenvalue weighted by Gasteiger charge is -2.29. The van der Waals surface area contributed by atoms with Crippen molar-refractivity contribution in [2.45, 2.75) is 44.2 Å². The number of carbonyl (C=O) groups excluding carboxylic acids is 2. The smallest absolute Gasteiger partial charge is 0.229 e. The number of hydrogen-bond acceptors (Lipinski definition) is 5. The molecular formula is C19H24N2O4S2. The molecule has 0 bridgehead atoms. The Bertz CT molecular complexity index is 888. The van der Waals surface area contributed by atoms with Gasteiger partial charge in [0.25, 0.3) is 0 Å². The third-order valence-electron chi connectivity index (χ3n) is 3.97. The molecular weight excluding hydrogens is 384 g/mol. The van der Waals surface area contributed by atoms with Crippen molar-refractivity contribution in [2.75, 3.05) is 11.2 Å². The van der Waals surface area contributed by atoms with E-state index in [1.165, 1.54) is 30.4 Å². The molecule has 1 N–H and O–H groups in total. The number of nitrogens with one attached hydrogen (secondary N) is 1. The standard InChI is InChI=1S/C19H24N2O4S2/c1-13(2)21(15-7-9-16(10-8-15)27(4,24)25)19(23)12-17(20-14(3)22)18-6-5-11-26-18/h5-11,13,17H,12H2,1-4H3,(H,20,22). The molecule has 0 aliphatic heterocycles. The van der Waals surface area contributed by atoms with E-state index in [9.17, 15) is 18.0 Å². The van der Waals surface area contributed by atoms with Gasteiger partial charge in [-0.25, -0.2) is 8.42 Å². The summed E-state index contributed by atoms with van der Waals surface area (Å²) < 4.78 is 23.3. The molecule has 146 valence electrons. The quantitative estimate of drug-likeness (QED) is 0.763. The van der Waals surface area contributed by atoms with Crippen LogP contribution in [0.4, 0.5) is 5.69 Å². The highest BCUT2D eigenvalue weighted by atomic mass is 32.2. The first-order valence-corrected chi connectivity index (χ1v) is 11.3. The van der Waals surface area contributed by atoms with Crippen LogP contribution in [-0.2, 0) is 19.4 Å². The molecule has 1 aromatic heterocycles. The summed E-state index contributed by atoms with van der Waals surface area (Å²) in [6.07, 6.45) is 1.26. The number of sulfone groups is 1. The summed E-state index contributed by atoms with van der Waals surface area (Å²) >= 11 is 1.48. The van der Waals surface area contributed by atoms with E-state index >= 15 is 0 Å². The van der Waals surface area contributed by atoms with Gasteiger partial charge in [-0.3, -0.25) is 9.59 Å². The van der Waals surface area contributed by atoms with E-state index in [1.54, 1.807) is 17.0 Å². The van der Waals surface area contributed by atoms with Crippen LogP contribution in [0.1, 0.15) is 38.1 Å². The fourth-order valence-corrected chi connectivity index (χ4v) is 4.22. The van der Waals surface area contributed by atoms with Crippen LogP contribution in [0.15, 0.2) is 46.7 Å². The summed E-state index contributed by atoms with van der Waals surface area (Å²) in [5.74, 6) is -0.348. The predicted molar refractivity (Wildman–Crippen MR) is 108 cm³/mol. The molecule has 1 heterocycles. The summed E-state index contributed by atoms with van der Waals surface area (Å²) in [5.41, 5.74) is 0.621. The molecule has 0 saturated carbocycles. The van der Waals surface area contributed by atoms with Gasteiger partial charge in [0.05, 0.1) is 17.4 Å². The highest BCUT2D eigenvalue weighted by Crippen LogP contribution is 2.26. The molecule has 2 aromatic rings. The lowest BCUT2D eigenvalue weighted by atomic mass is 10.1. The molecule has 6 nitrogen and oxygen atoms in total. The first-order valence-electron chi connectivity index (χ1n) is 8.52. The van der Waals surface area contributed by atoms with Crippen LogP contribution >= 0.6 is 11.3 Å². The van der Waals surface area contributed by atoms with Crippen molar-refractivity contribution in [2.24, 2.45) is 0 Å². The fourth-order valence-electron chi connectivity index (χ4n) is 2.81. The minimum atomic E-state index is -3.30. The zero-order valence-corrected chi connectivity index (χ0v) is 17.4. The highest BCUT2D eigenvalue weighted by molar-refractivity contribution is 7.90. The fraction of sp³-hybridized carbons (Fsp3) is 0.368. The number of rotatable bonds is 7. The van der Waals surface area contributed by atoms with Crippen molar-refractivity contribution < 1.29 is 18.0 Å². The van der Waals surface area contributed by atoms with Gasteiger partial charge in [-0.2, -0.15) is 0 Å². The van der Waals surface area contributed by atoms with E-state index in [1.807, 2.05) is 31.4 Å². The van der Waals surface area contributed by atoms with E-state index in [4.69, 9.17) is 0 Å². The molecule has 1 aromatic carbocycles. The summed E-state index contributed by atoms with van der Waals surface area (Å²) in [6, 6.07) is 9.51. The summed E-state index contributed by atoms with van der Waals surface area (Å²) in [6.45, 7) is 5.21. The Hall–Kier alpha value is -2.19. The van der Waals surface area contributed by atoms with Crippen molar-refractivity contribution in [3.63, 3.8) is 0 Å². The molecule has 8 heteroatoms. The number of amides is 2. The van der Waals surface area contributed by atoms with Gasteiger partial charge in [-0.1, -0.05) is 6.07 Å². The summed E-state index contributed by atoms with van der Waals surface area (Å²) in [7, 11) is -3.30. The molecule has 2 amide bonds. The first kappa shape index (κ1) is 21.1. The van der Waals surface area contributed by atoms with Gasteiger partial charge in [0.2, 0.25) is 11.8 Å². The van der Waals surface area contributed by atoms with Crippen LogP contribution in [0.3, 0.4) is 0 Å². The SMILES string of the molecule is CC(=O)NC(CC(=O)N(c1ccc(S(C)(=O)=O)cc1)C(C)C)c1cccs1. The number of benzene rings is 1. The third kappa shape index (κ3) is 5.64. The number of carbonyl (C=O) groups is 2. The largest absolute Gasteiger partial charge is 0.348 e. The van der Waals surface area contributed by atoms with Crippen LogP contribution in [-0.4, -0.2) is 32.5 Å². The third-order valence-corrected chi connectivity index (χ3v) is 6.09. The molecule has 0 aliphatic rings. The molecule has 0 aliphatic carbocycles.